The summed E-state index contributed by atoms with van der Waals surface area (Å²) in [5.74, 6) is 0.958. The molecule has 0 spiro atoms. The van der Waals surface area contributed by atoms with Crippen LogP contribution in [0, 0.1) is 0 Å². The van der Waals surface area contributed by atoms with E-state index >= 15 is 0 Å². The third-order valence-electron chi connectivity index (χ3n) is 3.68. The van der Waals surface area contributed by atoms with Gasteiger partial charge in [0.2, 0.25) is 5.91 Å². The lowest BCUT2D eigenvalue weighted by Gasteiger charge is -2.25. The molecule has 1 aromatic carbocycles. The summed E-state index contributed by atoms with van der Waals surface area (Å²) in [6.45, 7) is 7.18. The zero-order valence-electron chi connectivity index (χ0n) is 12.4. The van der Waals surface area contributed by atoms with Gasteiger partial charge in [-0.15, -0.1) is 11.6 Å². The van der Waals surface area contributed by atoms with Gasteiger partial charge in [0.15, 0.2) is 0 Å². The van der Waals surface area contributed by atoms with Crippen LogP contribution in [-0.4, -0.2) is 33.4 Å². The second-order valence-corrected chi connectivity index (χ2v) is 5.50. The number of rotatable bonds is 5. The van der Waals surface area contributed by atoms with E-state index in [9.17, 15) is 4.79 Å². The number of hydrogen-bond donors (Lipinski definition) is 0. The van der Waals surface area contributed by atoms with Crippen molar-refractivity contribution in [3.63, 3.8) is 0 Å². The van der Waals surface area contributed by atoms with Crippen LogP contribution in [0.5, 0.6) is 0 Å². The van der Waals surface area contributed by atoms with Crippen molar-refractivity contribution < 1.29 is 4.79 Å². The van der Waals surface area contributed by atoms with E-state index in [4.69, 9.17) is 23.2 Å². The molecule has 0 saturated heterocycles. The Balaban J connectivity index is 2.54. The number of fused-ring (bicyclic) bond motifs is 1. The smallest absolute Gasteiger partial charge is 0.245 e. The highest BCUT2D eigenvalue weighted by Crippen LogP contribution is 2.28. The highest BCUT2D eigenvalue weighted by Gasteiger charge is 2.24. The van der Waals surface area contributed by atoms with Gasteiger partial charge in [0.25, 0.3) is 0 Å². The molecular formula is C15H19Cl2N3O. The maximum absolute atomic E-state index is 12.6. The first-order chi connectivity index (χ1) is 10.0. The number of likely N-dealkylation sites (N-methyl/N-ethyl adjacent to an activating group) is 1. The monoisotopic (exact) mass is 327 g/mol. The molecule has 6 heteroatoms. The number of nitrogens with zero attached hydrogens (tertiary/aromatic N) is 3. The average molecular weight is 328 g/mol. The Labute approximate surface area is 134 Å². The molecule has 2 aromatic rings. The Morgan fingerprint density at radius 3 is 2.62 bits per heavy atom. The number of halogens is 2. The molecule has 0 saturated carbocycles. The molecular weight excluding hydrogens is 309 g/mol. The van der Waals surface area contributed by atoms with Crippen LogP contribution in [0.4, 0.5) is 0 Å². The van der Waals surface area contributed by atoms with Crippen molar-refractivity contribution in [2.45, 2.75) is 32.7 Å². The number of hydrogen-bond acceptors (Lipinski definition) is 2. The summed E-state index contributed by atoms with van der Waals surface area (Å²) in [6, 6.07) is 5.20. The third-order valence-corrected chi connectivity index (χ3v) is 4.23. The highest BCUT2D eigenvalue weighted by molar-refractivity contribution is 6.35. The molecule has 0 aliphatic rings. The molecule has 0 radical (unpaired) electrons. The van der Waals surface area contributed by atoms with Crippen LogP contribution >= 0.6 is 23.2 Å². The molecule has 1 aromatic heterocycles. The van der Waals surface area contributed by atoms with Crippen molar-refractivity contribution >= 4 is 40.1 Å². The van der Waals surface area contributed by atoms with Crippen molar-refractivity contribution in [2.24, 2.45) is 0 Å². The number of carbonyl (C=O) groups excluding carboxylic acids is 1. The largest absolute Gasteiger partial charge is 0.341 e. The number of imidazole rings is 1. The van der Waals surface area contributed by atoms with Gasteiger partial charge in [0.1, 0.15) is 17.4 Å². The van der Waals surface area contributed by atoms with Crippen LogP contribution < -0.4 is 0 Å². The molecule has 114 valence electrons. The Kier molecular flexibility index (Phi) is 5.12. The molecule has 0 aliphatic carbocycles. The summed E-state index contributed by atoms with van der Waals surface area (Å²) in [7, 11) is 0. The van der Waals surface area contributed by atoms with Gasteiger partial charge in [-0.25, -0.2) is 4.98 Å². The van der Waals surface area contributed by atoms with E-state index in [1.807, 2.05) is 37.5 Å². The SMILES string of the molecule is CCN(CC)C(=O)C(C)n1c(CCl)nc2c(Cl)cccc21. The van der Waals surface area contributed by atoms with E-state index in [-0.39, 0.29) is 17.8 Å². The molecule has 1 unspecified atom stereocenters. The topological polar surface area (TPSA) is 38.1 Å². The van der Waals surface area contributed by atoms with Crippen molar-refractivity contribution in [3.8, 4) is 0 Å². The number of benzene rings is 1. The first-order valence-corrected chi connectivity index (χ1v) is 7.96. The fraction of sp³-hybridized carbons (Fsp3) is 0.467. The summed E-state index contributed by atoms with van der Waals surface area (Å²) in [4.78, 5) is 18.9. The Bertz CT molecular complexity index is 650. The molecule has 4 nitrogen and oxygen atoms in total. The summed E-state index contributed by atoms with van der Waals surface area (Å²) in [5.41, 5.74) is 1.53. The van der Waals surface area contributed by atoms with E-state index in [2.05, 4.69) is 4.98 Å². The van der Waals surface area contributed by atoms with Crippen LogP contribution in [0.15, 0.2) is 18.2 Å². The molecule has 0 N–H and O–H groups in total. The normalized spacial score (nSPS) is 12.6. The van der Waals surface area contributed by atoms with E-state index in [1.165, 1.54) is 0 Å². The number of amides is 1. The quantitative estimate of drug-likeness (QED) is 0.782. The molecule has 21 heavy (non-hydrogen) atoms. The van der Waals surface area contributed by atoms with Gasteiger partial charge in [-0.05, 0) is 32.9 Å². The molecule has 0 aliphatic heterocycles. The van der Waals surface area contributed by atoms with Gasteiger partial charge in [-0.2, -0.15) is 0 Å². The molecule has 1 atom stereocenters. The lowest BCUT2D eigenvalue weighted by molar-refractivity contribution is -0.133. The van der Waals surface area contributed by atoms with E-state index in [0.717, 1.165) is 5.52 Å². The van der Waals surface area contributed by atoms with E-state index in [1.54, 1.807) is 11.0 Å². The summed E-state index contributed by atoms with van der Waals surface area (Å²) in [6.07, 6.45) is 0. The molecule has 2 rings (SSSR count). The number of alkyl halides is 1. The lowest BCUT2D eigenvalue weighted by Crippen LogP contribution is -2.36. The van der Waals surface area contributed by atoms with Crippen molar-refractivity contribution in [2.75, 3.05) is 13.1 Å². The Hall–Kier alpha value is -1.26. The van der Waals surface area contributed by atoms with Gasteiger partial charge < -0.3 is 9.47 Å². The minimum Gasteiger partial charge on any atom is -0.341 e. The molecule has 0 bridgehead atoms. The van der Waals surface area contributed by atoms with Gasteiger partial charge in [-0.1, -0.05) is 17.7 Å². The molecule has 1 heterocycles. The first kappa shape index (κ1) is 16.1. The lowest BCUT2D eigenvalue weighted by atomic mass is 10.2. The summed E-state index contributed by atoms with van der Waals surface area (Å²) < 4.78 is 1.88. The minimum atomic E-state index is -0.359. The fourth-order valence-electron chi connectivity index (χ4n) is 2.57. The predicted molar refractivity (Wildman–Crippen MR) is 86.9 cm³/mol. The molecule has 1 amide bonds. The first-order valence-electron chi connectivity index (χ1n) is 7.05. The van der Waals surface area contributed by atoms with Gasteiger partial charge in [-0.3, -0.25) is 4.79 Å². The Morgan fingerprint density at radius 1 is 1.38 bits per heavy atom. The summed E-state index contributed by atoms with van der Waals surface area (Å²) in [5, 5.41) is 0.570. The maximum Gasteiger partial charge on any atom is 0.245 e. The van der Waals surface area contributed by atoms with E-state index < -0.39 is 0 Å². The zero-order chi connectivity index (χ0) is 15.6. The zero-order valence-corrected chi connectivity index (χ0v) is 13.9. The van der Waals surface area contributed by atoms with Crippen LogP contribution in [0.25, 0.3) is 11.0 Å². The number of para-hydroxylation sites is 1. The predicted octanol–water partition coefficient (Wildman–Crippen LogP) is 3.86. The highest BCUT2D eigenvalue weighted by atomic mass is 35.5. The van der Waals surface area contributed by atoms with Crippen LogP contribution in [0.1, 0.15) is 32.6 Å². The van der Waals surface area contributed by atoms with Crippen molar-refractivity contribution in [1.29, 1.82) is 0 Å². The fourth-order valence-corrected chi connectivity index (χ4v) is 2.97. The van der Waals surface area contributed by atoms with Crippen LogP contribution in [-0.2, 0) is 10.7 Å². The Morgan fingerprint density at radius 2 is 2.05 bits per heavy atom. The second kappa shape index (κ2) is 6.67. The van der Waals surface area contributed by atoms with Crippen LogP contribution in [0.2, 0.25) is 5.02 Å². The minimum absolute atomic E-state index is 0.0608. The maximum atomic E-state index is 12.6. The van der Waals surface area contributed by atoms with Crippen molar-refractivity contribution in [1.82, 2.24) is 14.5 Å². The standard InChI is InChI=1S/C15H19Cl2N3O/c1-4-19(5-2)15(21)10(3)20-12-8-6-7-11(17)14(12)18-13(20)9-16/h6-8,10H,4-5,9H2,1-3H3. The molecule has 0 fully saturated rings. The number of carbonyl (C=O) groups is 1. The van der Waals surface area contributed by atoms with Gasteiger partial charge >= 0.3 is 0 Å². The summed E-state index contributed by atoms with van der Waals surface area (Å²) >= 11 is 12.2. The van der Waals surface area contributed by atoms with Gasteiger partial charge in [0.05, 0.1) is 16.4 Å². The second-order valence-electron chi connectivity index (χ2n) is 4.83. The third kappa shape index (κ3) is 2.87. The van der Waals surface area contributed by atoms with Crippen molar-refractivity contribution in [3.05, 3.63) is 29.0 Å². The number of aromatic nitrogens is 2. The average Bonchev–Trinajstić information content (AvgIpc) is 2.87. The van der Waals surface area contributed by atoms with Crippen LogP contribution in [0.3, 0.4) is 0 Å². The van der Waals surface area contributed by atoms with E-state index in [0.29, 0.717) is 29.5 Å². The van der Waals surface area contributed by atoms with Gasteiger partial charge in [0, 0.05) is 13.1 Å².